The van der Waals surface area contributed by atoms with Crippen LogP contribution in [0.5, 0.6) is 0 Å². The topological polar surface area (TPSA) is 3.24 Å². The van der Waals surface area contributed by atoms with Gasteiger partial charge in [-0.05, 0) is 102 Å². The van der Waals surface area contributed by atoms with Crippen molar-refractivity contribution in [1.82, 2.24) is 0 Å². The Balaban J connectivity index is 1.22. The summed E-state index contributed by atoms with van der Waals surface area (Å²) in [6, 6.07) is 68.3. The smallest absolute Gasteiger partial charge is 0.0540 e. The van der Waals surface area contributed by atoms with Crippen LogP contribution >= 0.6 is 0 Å². The Bertz CT molecular complexity index is 2580. The maximum absolute atomic E-state index is 2.40. The summed E-state index contributed by atoms with van der Waals surface area (Å²) in [5.74, 6) is 0. The van der Waals surface area contributed by atoms with Crippen LogP contribution in [0.15, 0.2) is 188 Å². The van der Waals surface area contributed by atoms with Gasteiger partial charge in [-0.25, -0.2) is 0 Å². The summed E-state index contributed by atoms with van der Waals surface area (Å²) in [5, 5.41) is 10.0. The molecule has 0 amide bonds. The molecule has 9 aromatic rings. The molecule has 0 atom stereocenters. The SMILES string of the molecule is c1ccc(N(c2ccc(-c3cc4ccccc4c4ccccc34)cc2)c2ccc3ccccc3c2)c(-c2ccc3ccccc3c2)c1. The van der Waals surface area contributed by atoms with Gasteiger partial charge in [0.2, 0.25) is 0 Å². The Labute approximate surface area is 274 Å². The molecule has 0 heterocycles. The van der Waals surface area contributed by atoms with Gasteiger partial charge in [-0.2, -0.15) is 0 Å². The first-order valence-corrected chi connectivity index (χ1v) is 16.2. The predicted octanol–water partition coefficient (Wildman–Crippen LogP) is 13.1. The number of hydrogen-bond donors (Lipinski definition) is 0. The van der Waals surface area contributed by atoms with E-state index < -0.39 is 0 Å². The summed E-state index contributed by atoms with van der Waals surface area (Å²) in [5.41, 5.74) is 8.22. The number of hydrogen-bond acceptors (Lipinski definition) is 1. The van der Waals surface area contributed by atoms with Crippen molar-refractivity contribution >= 4 is 60.2 Å². The maximum atomic E-state index is 2.40. The molecule has 0 radical (unpaired) electrons. The van der Waals surface area contributed by atoms with E-state index in [1.807, 2.05) is 0 Å². The van der Waals surface area contributed by atoms with Crippen molar-refractivity contribution in [3.8, 4) is 22.3 Å². The minimum atomic E-state index is 1.11. The fourth-order valence-electron chi connectivity index (χ4n) is 7.10. The average Bonchev–Trinajstić information content (AvgIpc) is 3.15. The third kappa shape index (κ3) is 4.81. The molecule has 0 saturated carbocycles. The highest BCUT2D eigenvalue weighted by Crippen LogP contribution is 2.43. The second kappa shape index (κ2) is 11.3. The molecule has 0 saturated heterocycles. The van der Waals surface area contributed by atoms with Gasteiger partial charge in [-0.15, -0.1) is 0 Å². The van der Waals surface area contributed by atoms with Gasteiger partial charge in [0.1, 0.15) is 0 Å². The van der Waals surface area contributed by atoms with Crippen molar-refractivity contribution in [1.29, 1.82) is 0 Å². The Morgan fingerprint density at radius 1 is 0.277 bits per heavy atom. The molecule has 0 fully saturated rings. The second-order valence-electron chi connectivity index (χ2n) is 12.2. The van der Waals surface area contributed by atoms with E-state index in [1.165, 1.54) is 65.3 Å². The van der Waals surface area contributed by atoms with Crippen LogP contribution in [-0.4, -0.2) is 0 Å². The highest BCUT2D eigenvalue weighted by molar-refractivity contribution is 6.13. The summed E-state index contributed by atoms with van der Waals surface area (Å²) in [6.07, 6.45) is 0. The Kier molecular flexibility index (Phi) is 6.54. The van der Waals surface area contributed by atoms with Crippen LogP contribution in [-0.2, 0) is 0 Å². The lowest BCUT2D eigenvalue weighted by Gasteiger charge is -2.28. The van der Waals surface area contributed by atoms with Crippen molar-refractivity contribution in [3.63, 3.8) is 0 Å². The molecule has 220 valence electrons. The molecule has 47 heavy (non-hydrogen) atoms. The monoisotopic (exact) mass is 597 g/mol. The third-order valence-electron chi connectivity index (χ3n) is 9.40. The van der Waals surface area contributed by atoms with Crippen LogP contribution in [0, 0.1) is 0 Å². The molecule has 0 unspecified atom stereocenters. The van der Waals surface area contributed by atoms with Crippen LogP contribution in [0.4, 0.5) is 17.1 Å². The molecule has 9 rings (SSSR count). The Morgan fingerprint density at radius 3 is 1.57 bits per heavy atom. The lowest BCUT2D eigenvalue weighted by atomic mass is 9.93. The van der Waals surface area contributed by atoms with E-state index in [2.05, 4.69) is 193 Å². The zero-order valence-corrected chi connectivity index (χ0v) is 25.8. The van der Waals surface area contributed by atoms with E-state index >= 15 is 0 Å². The van der Waals surface area contributed by atoms with E-state index in [1.54, 1.807) is 0 Å². The highest BCUT2D eigenvalue weighted by atomic mass is 15.1. The van der Waals surface area contributed by atoms with Crippen LogP contribution in [0.3, 0.4) is 0 Å². The van der Waals surface area contributed by atoms with Crippen molar-refractivity contribution in [3.05, 3.63) is 188 Å². The van der Waals surface area contributed by atoms with Gasteiger partial charge in [0.15, 0.2) is 0 Å². The fourth-order valence-corrected chi connectivity index (χ4v) is 7.10. The predicted molar refractivity (Wildman–Crippen MR) is 202 cm³/mol. The zero-order valence-electron chi connectivity index (χ0n) is 25.8. The first-order valence-electron chi connectivity index (χ1n) is 16.2. The summed E-state index contributed by atoms with van der Waals surface area (Å²) in [6.45, 7) is 0. The number of rotatable bonds is 5. The van der Waals surface area contributed by atoms with Gasteiger partial charge in [-0.3, -0.25) is 0 Å². The molecule has 0 aliphatic heterocycles. The lowest BCUT2D eigenvalue weighted by Crippen LogP contribution is -2.11. The molecule has 1 heteroatoms. The van der Waals surface area contributed by atoms with Crippen LogP contribution < -0.4 is 4.90 Å². The van der Waals surface area contributed by atoms with Gasteiger partial charge in [-0.1, -0.05) is 146 Å². The summed E-state index contributed by atoms with van der Waals surface area (Å²) >= 11 is 0. The zero-order chi connectivity index (χ0) is 31.2. The molecule has 0 aliphatic rings. The van der Waals surface area contributed by atoms with E-state index in [0.717, 1.165) is 17.1 Å². The third-order valence-corrected chi connectivity index (χ3v) is 9.40. The van der Waals surface area contributed by atoms with Crippen molar-refractivity contribution in [2.45, 2.75) is 0 Å². The number of benzene rings is 9. The first kappa shape index (κ1) is 27.2. The molecular formula is C46H31N. The van der Waals surface area contributed by atoms with Gasteiger partial charge < -0.3 is 4.90 Å². The summed E-state index contributed by atoms with van der Waals surface area (Å²) in [7, 11) is 0. The fraction of sp³-hybridized carbons (Fsp3) is 0. The largest absolute Gasteiger partial charge is 0.310 e. The lowest BCUT2D eigenvalue weighted by molar-refractivity contribution is 1.29. The summed E-state index contributed by atoms with van der Waals surface area (Å²) < 4.78 is 0. The molecule has 0 N–H and O–H groups in total. The van der Waals surface area contributed by atoms with Crippen LogP contribution in [0.2, 0.25) is 0 Å². The van der Waals surface area contributed by atoms with Crippen molar-refractivity contribution in [2.75, 3.05) is 4.90 Å². The van der Waals surface area contributed by atoms with Crippen molar-refractivity contribution < 1.29 is 0 Å². The van der Waals surface area contributed by atoms with E-state index in [-0.39, 0.29) is 0 Å². The number of nitrogens with zero attached hydrogens (tertiary/aromatic N) is 1. The minimum absolute atomic E-state index is 1.11. The van der Waals surface area contributed by atoms with Gasteiger partial charge in [0.05, 0.1) is 5.69 Å². The van der Waals surface area contributed by atoms with Gasteiger partial charge in [0, 0.05) is 16.9 Å². The van der Waals surface area contributed by atoms with Gasteiger partial charge in [0.25, 0.3) is 0 Å². The minimum Gasteiger partial charge on any atom is -0.310 e. The molecule has 1 nitrogen and oxygen atoms in total. The molecule has 0 bridgehead atoms. The van der Waals surface area contributed by atoms with Crippen LogP contribution in [0.1, 0.15) is 0 Å². The van der Waals surface area contributed by atoms with E-state index in [0.29, 0.717) is 0 Å². The van der Waals surface area contributed by atoms with Gasteiger partial charge >= 0.3 is 0 Å². The number of fused-ring (bicyclic) bond motifs is 5. The maximum Gasteiger partial charge on any atom is 0.0540 e. The molecule has 0 aromatic heterocycles. The van der Waals surface area contributed by atoms with Crippen LogP contribution in [0.25, 0.3) is 65.3 Å². The second-order valence-corrected chi connectivity index (χ2v) is 12.2. The van der Waals surface area contributed by atoms with Crippen molar-refractivity contribution in [2.24, 2.45) is 0 Å². The highest BCUT2D eigenvalue weighted by Gasteiger charge is 2.18. The van der Waals surface area contributed by atoms with E-state index in [9.17, 15) is 0 Å². The quantitative estimate of drug-likeness (QED) is 0.178. The molecule has 0 spiro atoms. The average molecular weight is 598 g/mol. The Morgan fingerprint density at radius 2 is 0.809 bits per heavy atom. The first-order chi connectivity index (χ1) is 23.3. The normalized spacial score (nSPS) is 11.4. The standard InChI is InChI=1S/C46H31N/c1-3-13-35-29-38(22-21-32(35)11-1)42-17-9-10-20-46(42)47(40-28-23-33-12-2-4-14-36(33)30-40)39-26-24-34(25-27-39)45-31-37-15-5-6-16-41(37)43-18-7-8-19-44(43)45/h1-31H. The number of anilines is 3. The summed E-state index contributed by atoms with van der Waals surface area (Å²) in [4.78, 5) is 2.40. The number of para-hydroxylation sites is 1. The van der Waals surface area contributed by atoms with E-state index in [4.69, 9.17) is 0 Å². The molecular weight excluding hydrogens is 567 g/mol. The Hall–Kier alpha value is -6.18. The molecule has 0 aliphatic carbocycles. The molecule has 9 aromatic carbocycles.